The molecule has 115 valence electrons. The Morgan fingerprint density at radius 2 is 1.45 bits per heavy atom. The van der Waals surface area contributed by atoms with Gasteiger partial charge in [0.15, 0.2) is 13.1 Å². The van der Waals surface area contributed by atoms with Crippen LogP contribution in [0.5, 0.6) is 0 Å². The van der Waals surface area contributed by atoms with E-state index in [0.29, 0.717) is 11.9 Å². The van der Waals surface area contributed by atoms with Crippen molar-refractivity contribution in [1.29, 1.82) is 0 Å². The van der Waals surface area contributed by atoms with Gasteiger partial charge in [0.2, 0.25) is 0 Å². The Morgan fingerprint density at radius 3 is 2.09 bits per heavy atom. The Balaban J connectivity index is 1.61. The molecule has 0 bridgehead atoms. The van der Waals surface area contributed by atoms with Crippen LogP contribution in [0.2, 0.25) is 17.5 Å². The van der Waals surface area contributed by atoms with Crippen LogP contribution in [-0.2, 0) is 0 Å². The van der Waals surface area contributed by atoms with Gasteiger partial charge in [0.1, 0.15) is 0 Å². The summed E-state index contributed by atoms with van der Waals surface area (Å²) >= 11 is 4.31. The van der Waals surface area contributed by atoms with Crippen LogP contribution in [0.15, 0.2) is 0 Å². The summed E-state index contributed by atoms with van der Waals surface area (Å²) in [6, 6.07) is 0.437. The molecule has 3 aliphatic rings. The smallest absolute Gasteiger partial charge is 0.195 e. The van der Waals surface area contributed by atoms with Crippen molar-refractivity contribution < 1.29 is 0 Å². The van der Waals surface area contributed by atoms with Gasteiger partial charge in [-0.3, -0.25) is 0 Å². The van der Waals surface area contributed by atoms with Crippen molar-refractivity contribution in [3.8, 4) is 0 Å². The second kappa shape index (κ2) is 8.85. The highest BCUT2D eigenvalue weighted by Gasteiger charge is 2.34. The Hall–Kier alpha value is 0.920. The molecule has 1 saturated heterocycles. The van der Waals surface area contributed by atoms with E-state index in [4.69, 9.17) is 13.5 Å². The first kappa shape index (κ1) is 17.7. The summed E-state index contributed by atoms with van der Waals surface area (Å²) in [6.07, 6.45) is 11.5. The first-order chi connectivity index (χ1) is 10.8. The van der Waals surface area contributed by atoms with Gasteiger partial charge in [-0.1, -0.05) is 49.6 Å². The molecule has 0 aromatic heterocycles. The molecule has 6 atom stereocenters. The lowest BCUT2D eigenvalue weighted by Gasteiger charge is -2.36. The summed E-state index contributed by atoms with van der Waals surface area (Å²) in [7, 11) is 7.74. The van der Waals surface area contributed by atoms with Crippen LogP contribution in [0.3, 0.4) is 0 Å². The third kappa shape index (κ3) is 4.72. The van der Waals surface area contributed by atoms with Gasteiger partial charge in [0.25, 0.3) is 0 Å². The second-order valence-corrected chi connectivity index (χ2v) is 9.62. The third-order valence-electron chi connectivity index (χ3n) is 5.72. The van der Waals surface area contributed by atoms with E-state index >= 15 is 0 Å². The fraction of sp³-hybridized carbons (Fsp3) is 1.00. The minimum Gasteiger partial charge on any atom is -0.328 e. The van der Waals surface area contributed by atoms with E-state index in [-0.39, 0.29) is 0 Å². The first-order valence-corrected chi connectivity index (χ1v) is 10.9. The van der Waals surface area contributed by atoms with E-state index in [1.807, 2.05) is 7.17 Å². The van der Waals surface area contributed by atoms with Crippen LogP contribution < -0.4 is 5.73 Å². The van der Waals surface area contributed by atoms with Gasteiger partial charge < -0.3 is 5.73 Å². The zero-order valence-corrected chi connectivity index (χ0v) is 15.2. The van der Waals surface area contributed by atoms with Crippen molar-refractivity contribution in [2.45, 2.75) is 91.8 Å². The predicted molar refractivity (Wildman–Crippen MR) is 107 cm³/mol. The standard InChI is InChI=1S/C15H26B4NS2/c16-17-10-4-7-12-13(8-5-10)19-22-15-9-6-11(20)2-1-3-14(15)21-18-12/h10-15H,1-9,20H2. The Bertz CT molecular complexity index is 348. The normalized spacial score (nSPS) is 43.5. The molecule has 2 aliphatic carbocycles. The fourth-order valence-electron chi connectivity index (χ4n) is 4.11. The summed E-state index contributed by atoms with van der Waals surface area (Å²) in [6.45, 7) is 5.21. The molecule has 0 aromatic rings. The molecular formula is C15H26B4NS2. The van der Waals surface area contributed by atoms with E-state index in [0.717, 1.165) is 22.1 Å². The molecule has 22 heavy (non-hydrogen) atoms. The van der Waals surface area contributed by atoms with Gasteiger partial charge in [0.05, 0.1) is 7.17 Å². The summed E-state index contributed by atoms with van der Waals surface area (Å²) in [5, 5.41) is 1.57. The zero-order chi connectivity index (χ0) is 15.4. The van der Waals surface area contributed by atoms with E-state index in [1.165, 1.54) is 57.8 Å². The number of nitrogens with two attached hydrogens (primary N) is 1. The average Bonchev–Trinajstić information content (AvgIpc) is 2.69. The first-order valence-electron chi connectivity index (χ1n) is 9.04. The summed E-state index contributed by atoms with van der Waals surface area (Å²) in [5.74, 6) is 2.15. The lowest BCUT2D eigenvalue weighted by molar-refractivity contribution is 0.467. The minimum absolute atomic E-state index is 0.437. The van der Waals surface area contributed by atoms with Crippen molar-refractivity contribution in [3.63, 3.8) is 0 Å². The SMILES string of the molecule is [B][B]C1CCC2[B]SC3CCCC(N)CCC3S[B]C2CC1. The molecule has 2 saturated carbocycles. The molecule has 6 unspecified atom stereocenters. The quantitative estimate of drug-likeness (QED) is 0.747. The van der Waals surface area contributed by atoms with Crippen molar-refractivity contribution in [3.05, 3.63) is 0 Å². The molecule has 0 spiro atoms. The number of rotatable bonds is 1. The third-order valence-corrected chi connectivity index (χ3v) is 8.73. The summed E-state index contributed by atoms with van der Waals surface area (Å²) < 4.78 is 0. The number of hydrogen-bond donors (Lipinski definition) is 1. The molecule has 2 N–H and O–H groups in total. The van der Waals surface area contributed by atoms with Gasteiger partial charge >= 0.3 is 0 Å². The zero-order valence-electron chi connectivity index (χ0n) is 13.5. The summed E-state index contributed by atoms with van der Waals surface area (Å²) in [4.78, 5) is 0. The van der Waals surface area contributed by atoms with Crippen molar-refractivity contribution in [1.82, 2.24) is 0 Å². The molecule has 3 fully saturated rings. The molecule has 3 rings (SSSR count). The monoisotopic (exact) mass is 328 g/mol. The topological polar surface area (TPSA) is 26.0 Å². The van der Waals surface area contributed by atoms with Gasteiger partial charge in [-0.15, -0.1) is 0 Å². The largest absolute Gasteiger partial charge is 0.328 e. The molecule has 7 heteroatoms. The van der Waals surface area contributed by atoms with Crippen LogP contribution >= 0.6 is 23.2 Å². The van der Waals surface area contributed by atoms with Gasteiger partial charge in [0, 0.05) is 24.3 Å². The predicted octanol–water partition coefficient (Wildman–Crippen LogP) is 3.46. The van der Waals surface area contributed by atoms with Crippen molar-refractivity contribution >= 4 is 51.2 Å². The number of fused-ring (bicyclic) bond motifs is 2. The van der Waals surface area contributed by atoms with Crippen LogP contribution in [-0.4, -0.2) is 44.6 Å². The van der Waals surface area contributed by atoms with E-state index in [2.05, 4.69) is 36.3 Å². The van der Waals surface area contributed by atoms with Crippen LogP contribution in [0, 0.1) is 0 Å². The molecule has 0 aromatic carbocycles. The maximum absolute atomic E-state index is 6.20. The molecule has 0 amide bonds. The molecular weight excluding hydrogens is 302 g/mol. The Morgan fingerprint density at radius 1 is 0.818 bits per heavy atom. The lowest BCUT2D eigenvalue weighted by atomic mass is 9.45. The minimum atomic E-state index is 0.437. The summed E-state index contributed by atoms with van der Waals surface area (Å²) in [5.41, 5.74) is 6.20. The number of hydrogen-bond acceptors (Lipinski definition) is 3. The van der Waals surface area contributed by atoms with Crippen molar-refractivity contribution in [2.24, 2.45) is 5.73 Å². The molecule has 5 radical (unpaired) electrons. The molecule has 1 nitrogen and oxygen atoms in total. The highest BCUT2D eigenvalue weighted by atomic mass is 32.2. The Kier molecular flexibility index (Phi) is 7.14. The van der Waals surface area contributed by atoms with Crippen LogP contribution in [0.1, 0.15) is 57.8 Å². The average molecular weight is 328 g/mol. The van der Waals surface area contributed by atoms with Gasteiger partial charge in [-0.25, -0.2) is 23.2 Å². The van der Waals surface area contributed by atoms with E-state index in [1.54, 1.807) is 0 Å². The Labute approximate surface area is 148 Å². The van der Waals surface area contributed by atoms with E-state index in [9.17, 15) is 0 Å². The fourth-order valence-corrected chi connectivity index (χ4v) is 7.17. The van der Waals surface area contributed by atoms with Crippen LogP contribution in [0.4, 0.5) is 0 Å². The molecule has 1 heterocycles. The van der Waals surface area contributed by atoms with Crippen molar-refractivity contribution in [2.75, 3.05) is 0 Å². The van der Waals surface area contributed by atoms with Gasteiger partial charge in [-0.2, -0.15) is 0 Å². The second-order valence-electron chi connectivity index (χ2n) is 7.32. The van der Waals surface area contributed by atoms with E-state index < -0.39 is 0 Å². The lowest BCUT2D eigenvalue weighted by Crippen LogP contribution is -2.32. The van der Waals surface area contributed by atoms with Crippen LogP contribution in [0.25, 0.3) is 0 Å². The maximum atomic E-state index is 6.20. The van der Waals surface area contributed by atoms with Gasteiger partial charge in [-0.05, 0) is 25.7 Å². The molecule has 1 aliphatic heterocycles. The highest BCUT2D eigenvalue weighted by Crippen LogP contribution is 2.48. The highest BCUT2D eigenvalue weighted by molar-refractivity contribution is 8.26. The maximum Gasteiger partial charge on any atom is 0.195 e.